The Morgan fingerprint density at radius 3 is 2.54 bits per heavy atom. The van der Waals surface area contributed by atoms with Gasteiger partial charge in [0, 0.05) is 13.1 Å². The van der Waals surface area contributed by atoms with Gasteiger partial charge in [-0.05, 0) is 25.0 Å². The Hall–Kier alpha value is -1.72. The minimum atomic E-state index is -4.81. The van der Waals surface area contributed by atoms with Crippen LogP contribution in [-0.4, -0.2) is 42.8 Å². The Morgan fingerprint density at radius 2 is 1.92 bits per heavy atom. The van der Waals surface area contributed by atoms with Crippen LogP contribution in [0.2, 0.25) is 0 Å². The lowest BCUT2D eigenvalue weighted by Gasteiger charge is -2.15. The van der Waals surface area contributed by atoms with Crippen molar-refractivity contribution in [3.05, 3.63) is 24.3 Å². The van der Waals surface area contributed by atoms with Gasteiger partial charge in [-0.15, -0.1) is 37.1 Å². The van der Waals surface area contributed by atoms with Crippen molar-refractivity contribution in [2.75, 3.05) is 25.0 Å². The van der Waals surface area contributed by atoms with Gasteiger partial charge in [0.15, 0.2) is 11.7 Å². The number of hydrogen-bond acceptors (Lipinski definition) is 3. The van der Waals surface area contributed by atoms with Crippen LogP contribution in [0.4, 0.5) is 18.9 Å². The average molecular weight is 458 g/mol. The number of benzene rings is 1. The highest BCUT2D eigenvalue weighted by molar-refractivity contribution is 14.0. The average Bonchev–Trinajstić information content (AvgIpc) is 2.99. The van der Waals surface area contributed by atoms with Gasteiger partial charge in [0.2, 0.25) is 5.91 Å². The second-order valence-corrected chi connectivity index (χ2v) is 4.96. The van der Waals surface area contributed by atoms with E-state index >= 15 is 0 Å². The summed E-state index contributed by atoms with van der Waals surface area (Å²) in [7, 11) is 0. The first-order chi connectivity index (χ1) is 10.8. The summed E-state index contributed by atoms with van der Waals surface area (Å²) in [4.78, 5) is 17.4. The maximum Gasteiger partial charge on any atom is 0.573 e. The first-order valence-electron chi connectivity index (χ1n) is 7.04. The minimum Gasteiger partial charge on any atom is -0.404 e. The van der Waals surface area contributed by atoms with Crippen molar-refractivity contribution in [3.63, 3.8) is 0 Å². The van der Waals surface area contributed by atoms with Crippen LogP contribution < -0.4 is 15.8 Å². The Labute approximate surface area is 154 Å². The number of guanidine groups is 1. The van der Waals surface area contributed by atoms with E-state index in [1.54, 1.807) is 4.90 Å². The summed E-state index contributed by atoms with van der Waals surface area (Å²) in [5, 5.41) is 2.51. The number of nitrogens with two attached hydrogens (primary N) is 1. The van der Waals surface area contributed by atoms with Crippen LogP contribution in [0.3, 0.4) is 0 Å². The molecule has 0 atom stereocenters. The van der Waals surface area contributed by atoms with Crippen molar-refractivity contribution in [2.24, 2.45) is 10.7 Å². The molecule has 134 valence electrons. The van der Waals surface area contributed by atoms with E-state index in [0.29, 0.717) is 13.1 Å². The van der Waals surface area contributed by atoms with Crippen molar-refractivity contribution >= 4 is 41.5 Å². The first-order valence-corrected chi connectivity index (χ1v) is 7.04. The van der Waals surface area contributed by atoms with E-state index in [9.17, 15) is 18.0 Å². The maximum absolute atomic E-state index is 12.3. The van der Waals surface area contributed by atoms with E-state index in [1.165, 1.54) is 18.2 Å². The Bertz CT molecular complexity index is 590. The first kappa shape index (κ1) is 20.3. The molecule has 10 heteroatoms. The molecule has 1 heterocycles. The molecule has 1 aliphatic heterocycles. The second-order valence-electron chi connectivity index (χ2n) is 4.96. The third kappa shape index (κ3) is 6.42. The Balaban J connectivity index is 0.00000288. The number of halogens is 4. The number of carbonyl (C=O) groups is 1. The van der Waals surface area contributed by atoms with Gasteiger partial charge in [-0.25, -0.2) is 4.99 Å². The molecule has 2 rings (SSSR count). The number of nitrogens with one attached hydrogen (secondary N) is 1. The van der Waals surface area contributed by atoms with E-state index < -0.39 is 12.1 Å². The SMILES string of the molecule is I.NC(=NCC(=O)N1CCCC1)Nc1ccccc1OC(F)(F)F. The molecule has 1 fully saturated rings. The van der Waals surface area contributed by atoms with Crippen molar-refractivity contribution < 1.29 is 22.7 Å². The number of anilines is 1. The molecule has 1 aromatic carbocycles. The van der Waals surface area contributed by atoms with Gasteiger partial charge >= 0.3 is 6.36 Å². The Morgan fingerprint density at radius 1 is 1.29 bits per heavy atom. The number of nitrogens with zero attached hydrogens (tertiary/aromatic N) is 2. The van der Waals surface area contributed by atoms with Gasteiger partial charge in [0.05, 0.1) is 5.69 Å². The molecular formula is C14H18F3IN4O2. The van der Waals surface area contributed by atoms with Gasteiger partial charge < -0.3 is 20.7 Å². The molecule has 24 heavy (non-hydrogen) atoms. The number of likely N-dealkylation sites (tertiary alicyclic amines) is 1. The number of carbonyl (C=O) groups excluding carboxylic acids is 1. The lowest BCUT2D eigenvalue weighted by molar-refractivity contribution is -0.274. The fraction of sp³-hybridized carbons (Fsp3) is 0.429. The largest absolute Gasteiger partial charge is 0.573 e. The molecule has 1 aliphatic rings. The van der Waals surface area contributed by atoms with Crippen LogP contribution in [0.1, 0.15) is 12.8 Å². The standard InChI is InChI=1S/C14H17F3N4O2.HI/c15-14(16,17)23-11-6-2-1-5-10(11)20-13(18)19-9-12(22)21-7-3-4-8-21;/h1-2,5-6H,3-4,7-9H2,(H3,18,19,20);1H. The van der Waals surface area contributed by atoms with Crippen LogP contribution in [0, 0.1) is 0 Å². The van der Waals surface area contributed by atoms with E-state index in [0.717, 1.165) is 18.9 Å². The van der Waals surface area contributed by atoms with Crippen molar-refractivity contribution in [3.8, 4) is 5.75 Å². The summed E-state index contributed by atoms with van der Waals surface area (Å²) < 4.78 is 40.9. The monoisotopic (exact) mass is 458 g/mol. The van der Waals surface area contributed by atoms with Crippen molar-refractivity contribution in [2.45, 2.75) is 19.2 Å². The highest BCUT2D eigenvalue weighted by Gasteiger charge is 2.32. The molecule has 1 aromatic rings. The molecule has 0 aromatic heterocycles. The minimum absolute atomic E-state index is 0. The lowest BCUT2D eigenvalue weighted by atomic mass is 10.3. The number of ether oxygens (including phenoxy) is 1. The number of aliphatic imine (C=N–C) groups is 1. The van der Waals surface area contributed by atoms with Crippen LogP contribution in [0.15, 0.2) is 29.3 Å². The van der Waals surface area contributed by atoms with E-state index in [-0.39, 0.29) is 48.1 Å². The highest BCUT2D eigenvalue weighted by Crippen LogP contribution is 2.29. The molecule has 1 saturated heterocycles. The number of hydrogen-bond donors (Lipinski definition) is 2. The smallest absolute Gasteiger partial charge is 0.404 e. The lowest BCUT2D eigenvalue weighted by Crippen LogP contribution is -2.31. The summed E-state index contributed by atoms with van der Waals surface area (Å²) in [6.45, 7) is 1.25. The highest BCUT2D eigenvalue weighted by atomic mass is 127. The summed E-state index contributed by atoms with van der Waals surface area (Å²) >= 11 is 0. The number of rotatable bonds is 4. The zero-order valence-electron chi connectivity index (χ0n) is 12.7. The molecule has 0 radical (unpaired) electrons. The molecule has 1 amide bonds. The number of amides is 1. The number of alkyl halides is 3. The van der Waals surface area contributed by atoms with Gasteiger partial charge in [0.25, 0.3) is 0 Å². The quantitative estimate of drug-likeness (QED) is 0.413. The molecular weight excluding hydrogens is 440 g/mol. The molecule has 0 unspecified atom stereocenters. The van der Waals surface area contributed by atoms with E-state index in [1.807, 2.05) is 0 Å². The molecule has 6 nitrogen and oxygen atoms in total. The zero-order chi connectivity index (χ0) is 16.9. The van der Waals surface area contributed by atoms with Gasteiger partial charge in [0.1, 0.15) is 6.54 Å². The summed E-state index contributed by atoms with van der Waals surface area (Å²) in [5.74, 6) is -0.744. The summed E-state index contributed by atoms with van der Waals surface area (Å²) in [6, 6.07) is 5.44. The maximum atomic E-state index is 12.3. The van der Waals surface area contributed by atoms with Crippen LogP contribution in [0.5, 0.6) is 5.75 Å². The van der Waals surface area contributed by atoms with Crippen LogP contribution >= 0.6 is 24.0 Å². The fourth-order valence-electron chi connectivity index (χ4n) is 2.18. The zero-order valence-corrected chi connectivity index (χ0v) is 15.0. The summed E-state index contributed by atoms with van der Waals surface area (Å²) in [5.41, 5.74) is 5.63. The van der Waals surface area contributed by atoms with E-state index in [2.05, 4.69) is 15.0 Å². The second kappa shape index (κ2) is 8.94. The van der Waals surface area contributed by atoms with Crippen molar-refractivity contribution in [1.29, 1.82) is 0 Å². The third-order valence-electron chi connectivity index (χ3n) is 3.22. The summed E-state index contributed by atoms with van der Waals surface area (Å²) in [6.07, 6.45) is -2.88. The number of para-hydroxylation sites is 2. The predicted octanol–water partition coefficient (Wildman–Crippen LogP) is 2.55. The van der Waals surface area contributed by atoms with Gasteiger partial charge in [-0.3, -0.25) is 4.79 Å². The fourth-order valence-corrected chi connectivity index (χ4v) is 2.18. The normalized spacial score (nSPS) is 15.0. The molecule has 0 bridgehead atoms. The van der Waals surface area contributed by atoms with Crippen LogP contribution in [0.25, 0.3) is 0 Å². The van der Waals surface area contributed by atoms with Gasteiger partial charge in [-0.2, -0.15) is 0 Å². The van der Waals surface area contributed by atoms with Gasteiger partial charge in [-0.1, -0.05) is 12.1 Å². The molecule has 0 aliphatic carbocycles. The molecule has 3 N–H and O–H groups in total. The molecule has 0 saturated carbocycles. The van der Waals surface area contributed by atoms with E-state index in [4.69, 9.17) is 5.73 Å². The Kier molecular flexibility index (Phi) is 7.58. The topological polar surface area (TPSA) is 80.0 Å². The van der Waals surface area contributed by atoms with Crippen molar-refractivity contribution in [1.82, 2.24) is 4.90 Å². The third-order valence-corrected chi connectivity index (χ3v) is 3.22. The predicted molar refractivity (Wildman–Crippen MR) is 94.5 cm³/mol. The van der Waals surface area contributed by atoms with Crippen LogP contribution in [-0.2, 0) is 4.79 Å². The molecule has 0 spiro atoms.